The second-order valence-electron chi connectivity index (χ2n) is 8.32. The molecule has 7 nitrogen and oxygen atoms in total. The molecule has 2 aliphatic rings. The number of hydrogen-bond acceptors (Lipinski definition) is 5. The molecule has 1 aliphatic heterocycles. The second-order valence-corrected chi connectivity index (χ2v) is 9.24. The van der Waals surface area contributed by atoms with Crippen LogP contribution in [0.4, 0.5) is 11.4 Å². The smallest absolute Gasteiger partial charge is 0.338 e. The summed E-state index contributed by atoms with van der Waals surface area (Å²) >= 11 is 3.32. The van der Waals surface area contributed by atoms with Crippen molar-refractivity contribution in [1.29, 1.82) is 0 Å². The van der Waals surface area contributed by atoms with E-state index in [1.165, 1.54) is 17.0 Å². The van der Waals surface area contributed by atoms with Gasteiger partial charge in [0.05, 0.1) is 23.1 Å². The van der Waals surface area contributed by atoms with Gasteiger partial charge >= 0.3 is 5.97 Å². The highest BCUT2D eigenvalue weighted by atomic mass is 79.9. The van der Waals surface area contributed by atoms with Crippen molar-refractivity contribution >= 4 is 51.0 Å². The minimum atomic E-state index is -0.706. The van der Waals surface area contributed by atoms with Crippen LogP contribution in [-0.4, -0.2) is 30.3 Å². The first-order valence-corrected chi connectivity index (χ1v) is 11.3. The van der Waals surface area contributed by atoms with Gasteiger partial charge < -0.3 is 10.1 Å². The molecule has 1 N–H and O–H groups in total. The molecule has 4 rings (SSSR count). The maximum absolute atomic E-state index is 12.9. The van der Waals surface area contributed by atoms with Gasteiger partial charge in [0.1, 0.15) is 0 Å². The van der Waals surface area contributed by atoms with Crippen molar-refractivity contribution in [2.24, 2.45) is 17.8 Å². The molecule has 1 heterocycles. The number of halogens is 1. The normalized spacial score (nSPS) is 22.4. The van der Waals surface area contributed by atoms with Crippen LogP contribution in [0.2, 0.25) is 0 Å². The summed E-state index contributed by atoms with van der Waals surface area (Å²) in [6, 6.07) is 13.2. The molecule has 8 heteroatoms. The van der Waals surface area contributed by atoms with Crippen LogP contribution >= 0.6 is 15.9 Å². The standard InChI is InChI=1S/C24H23BrN2O5/c1-14-5-10-19-20(11-14)23(30)27(22(19)29)18-4-2-3-15(12-18)24(31)32-13-21(28)26-17-8-6-16(25)7-9-17/h2-4,6-9,12,14,19-20H,5,10-11,13H2,1H3,(H,26,28)/t14-,19-,20+/m1/s1. The Hall–Kier alpha value is -3.00. The van der Waals surface area contributed by atoms with Crippen LogP contribution < -0.4 is 10.2 Å². The number of carbonyl (C=O) groups is 4. The Morgan fingerprint density at radius 3 is 2.53 bits per heavy atom. The summed E-state index contributed by atoms with van der Waals surface area (Å²) < 4.78 is 6.00. The summed E-state index contributed by atoms with van der Waals surface area (Å²) in [7, 11) is 0. The number of ether oxygens (including phenoxy) is 1. The first kappa shape index (κ1) is 22.2. The average Bonchev–Trinajstić information content (AvgIpc) is 3.03. The Kier molecular flexibility index (Phi) is 6.41. The van der Waals surface area contributed by atoms with Gasteiger partial charge in [-0.25, -0.2) is 4.79 Å². The number of amides is 3. The largest absolute Gasteiger partial charge is 0.452 e. The molecule has 3 atom stereocenters. The van der Waals surface area contributed by atoms with E-state index in [9.17, 15) is 19.2 Å². The fourth-order valence-corrected chi connectivity index (χ4v) is 4.63. The van der Waals surface area contributed by atoms with Crippen molar-refractivity contribution < 1.29 is 23.9 Å². The van der Waals surface area contributed by atoms with Crippen LogP contribution in [0.5, 0.6) is 0 Å². The molecule has 3 amide bonds. The fourth-order valence-electron chi connectivity index (χ4n) is 4.36. The third kappa shape index (κ3) is 4.60. The molecule has 2 aromatic carbocycles. The van der Waals surface area contributed by atoms with E-state index < -0.39 is 18.5 Å². The summed E-state index contributed by atoms with van der Waals surface area (Å²) in [5.74, 6) is -1.74. The molecule has 1 saturated carbocycles. The van der Waals surface area contributed by atoms with Crippen molar-refractivity contribution in [1.82, 2.24) is 0 Å². The molecule has 0 aromatic heterocycles. The third-order valence-corrected chi connectivity index (χ3v) is 6.52. The minimum Gasteiger partial charge on any atom is -0.452 e. The molecule has 2 aromatic rings. The molecule has 0 radical (unpaired) electrons. The number of carbonyl (C=O) groups excluding carboxylic acids is 4. The van der Waals surface area contributed by atoms with E-state index in [4.69, 9.17) is 4.74 Å². The average molecular weight is 499 g/mol. The summed E-state index contributed by atoms with van der Waals surface area (Å²) in [6.07, 6.45) is 2.35. The van der Waals surface area contributed by atoms with Crippen LogP contribution in [0.15, 0.2) is 53.0 Å². The molecule has 32 heavy (non-hydrogen) atoms. The van der Waals surface area contributed by atoms with Crippen LogP contribution in [0, 0.1) is 17.8 Å². The lowest BCUT2D eigenvalue weighted by Crippen LogP contribution is -2.31. The number of esters is 1. The quantitative estimate of drug-likeness (QED) is 0.493. The molecule has 0 spiro atoms. The van der Waals surface area contributed by atoms with E-state index in [1.54, 1.807) is 36.4 Å². The van der Waals surface area contributed by atoms with E-state index in [0.29, 0.717) is 30.1 Å². The lowest BCUT2D eigenvalue weighted by molar-refractivity contribution is -0.122. The molecule has 166 valence electrons. The van der Waals surface area contributed by atoms with E-state index in [2.05, 4.69) is 28.2 Å². The van der Waals surface area contributed by atoms with E-state index in [0.717, 1.165) is 10.9 Å². The van der Waals surface area contributed by atoms with Gasteiger partial charge in [-0.2, -0.15) is 0 Å². The Morgan fingerprint density at radius 2 is 1.78 bits per heavy atom. The third-order valence-electron chi connectivity index (χ3n) is 5.99. The lowest BCUT2D eigenvalue weighted by Gasteiger charge is -2.25. The zero-order chi connectivity index (χ0) is 22.8. The lowest BCUT2D eigenvalue weighted by atomic mass is 9.76. The highest BCUT2D eigenvalue weighted by Gasteiger charge is 2.50. The number of benzene rings is 2. The maximum atomic E-state index is 12.9. The topological polar surface area (TPSA) is 92.8 Å². The molecule has 2 fully saturated rings. The van der Waals surface area contributed by atoms with Gasteiger partial charge in [-0.3, -0.25) is 19.3 Å². The van der Waals surface area contributed by atoms with Gasteiger partial charge in [0.25, 0.3) is 5.91 Å². The number of nitrogens with one attached hydrogen (secondary N) is 1. The zero-order valence-electron chi connectivity index (χ0n) is 17.5. The van der Waals surface area contributed by atoms with Crippen LogP contribution in [0.1, 0.15) is 36.5 Å². The molecule has 0 unspecified atom stereocenters. The summed E-state index contributed by atoms with van der Waals surface area (Å²) in [5.41, 5.74) is 1.11. The Labute approximate surface area is 194 Å². The first-order chi connectivity index (χ1) is 15.3. The fraction of sp³-hybridized carbons (Fsp3) is 0.333. The van der Waals surface area contributed by atoms with E-state index in [-0.39, 0.29) is 29.2 Å². The van der Waals surface area contributed by atoms with E-state index in [1.807, 2.05) is 0 Å². The zero-order valence-corrected chi connectivity index (χ0v) is 19.1. The Bertz CT molecular complexity index is 1070. The van der Waals surface area contributed by atoms with Crippen molar-refractivity contribution in [3.05, 3.63) is 58.6 Å². The molecular weight excluding hydrogens is 476 g/mol. The monoisotopic (exact) mass is 498 g/mol. The first-order valence-electron chi connectivity index (χ1n) is 10.5. The van der Waals surface area contributed by atoms with E-state index >= 15 is 0 Å². The SMILES string of the molecule is C[C@@H]1CC[C@H]2C(=O)N(c3cccc(C(=O)OCC(=O)Nc4ccc(Br)cc4)c3)C(=O)[C@H]2C1. The molecule has 0 bridgehead atoms. The van der Waals surface area contributed by atoms with Crippen molar-refractivity contribution in [2.45, 2.75) is 26.2 Å². The summed E-state index contributed by atoms with van der Waals surface area (Å²) in [5, 5.41) is 2.64. The van der Waals surface area contributed by atoms with Gasteiger partial charge in [0.15, 0.2) is 6.61 Å². The van der Waals surface area contributed by atoms with Crippen molar-refractivity contribution in [3.8, 4) is 0 Å². The van der Waals surface area contributed by atoms with Crippen molar-refractivity contribution in [2.75, 3.05) is 16.8 Å². The van der Waals surface area contributed by atoms with Gasteiger partial charge in [0.2, 0.25) is 11.8 Å². The molecule has 1 saturated heterocycles. The number of rotatable bonds is 5. The number of anilines is 2. The van der Waals surface area contributed by atoms with Crippen molar-refractivity contribution in [3.63, 3.8) is 0 Å². The van der Waals surface area contributed by atoms with Gasteiger partial charge in [-0.1, -0.05) is 28.9 Å². The molecular formula is C24H23BrN2O5. The van der Waals surface area contributed by atoms with Gasteiger partial charge in [-0.15, -0.1) is 0 Å². The predicted octanol–water partition coefficient (Wildman–Crippen LogP) is 4.17. The summed E-state index contributed by atoms with van der Waals surface area (Å²) in [4.78, 5) is 51.5. The summed E-state index contributed by atoms with van der Waals surface area (Å²) in [6.45, 7) is 1.64. The number of fused-ring (bicyclic) bond motifs is 1. The Morgan fingerprint density at radius 1 is 1.06 bits per heavy atom. The van der Waals surface area contributed by atoms with Gasteiger partial charge in [-0.05, 0) is 67.6 Å². The highest BCUT2D eigenvalue weighted by molar-refractivity contribution is 9.10. The second kappa shape index (κ2) is 9.24. The number of imide groups is 1. The predicted molar refractivity (Wildman–Crippen MR) is 122 cm³/mol. The highest BCUT2D eigenvalue weighted by Crippen LogP contribution is 2.42. The van der Waals surface area contributed by atoms with Gasteiger partial charge in [0, 0.05) is 10.2 Å². The number of nitrogens with zero attached hydrogens (tertiary/aromatic N) is 1. The molecule has 1 aliphatic carbocycles. The van der Waals surface area contributed by atoms with Crippen LogP contribution in [0.25, 0.3) is 0 Å². The maximum Gasteiger partial charge on any atom is 0.338 e. The Balaban J connectivity index is 1.41. The minimum absolute atomic E-state index is 0.169. The van der Waals surface area contributed by atoms with Crippen LogP contribution in [0.3, 0.4) is 0 Å². The number of hydrogen-bond donors (Lipinski definition) is 1. The van der Waals surface area contributed by atoms with Crippen LogP contribution in [-0.2, 0) is 19.1 Å².